The summed E-state index contributed by atoms with van der Waals surface area (Å²) in [4.78, 5) is 36.9. The Morgan fingerprint density at radius 1 is 1.18 bits per heavy atom. The second-order valence-corrected chi connectivity index (χ2v) is 11.9. The molecule has 0 radical (unpaired) electrons. The van der Waals surface area contributed by atoms with E-state index in [-0.39, 0.29) is 23.3 Å². The number of carbonyl (C=O) groups is 2. The highest BCUT2D eigenvalue weighted by Crippen LogP contribution is 2.47. The van der Waals surface area contributed by atoms with Crippen LogP contribution in [0.3, 0.4) is 0 Å². The van der Waals surface area contributed by atoms with Gasteiger partial charge < -0.3 is 25.3 Å². The maximum absolute atomic E-state index is 13.6. The van der Waals surface area contributed by atoms with E-state index < -0.39 is 0 Å². The molecule has 1 spiro atoms. The predicted molar refractivity (Wildman–Crippen MR) is 156 cm³/mol. The monoisotopic (exact) mass is 542 g/mol. The van der Waals surface area contributed by atoms with E-state index in [0.29, 0.717) is 30.5 Å². The predicted octanol–water partition coefficient (Wildman–Crippen LogP) is 4.71. The maximum atomic E-state index is 13.6. The molecule has 9 heteroatoms. The topological polar surface area (TPSA) is 115 Å². The number of nitrogens with one attached hydrogen (secondary N) is 1. The van der Waals surface area contributed by atoms with Gasteiger partial charge in [0, 0.05) is 36.3 Å². The Hall–Kier alpha value is -3.72. The van der Waals surface area contributed by atoms with Gasteiger partial charge in [-0.25, -0.2) is 9.97 Å². The fourth-order valence-electron chi connectivity index (χ4n) is 7.04. The normalized spacial score (nSPS) is 21.9. The minimum absolute atomic E-state index is 0.0456. The fourth-order valence-corrected chi connectivity index (χ4v) is 7.04. The largest absolute Gasteiger partial charge is 0.383 e. The summed E-state index contributed by atoms with van der Waals surface area (Å²) >= 11 is 0. The molecule has 1 aromatic carbocycles. The molecule has 210 valence electrons. The van der Waals surface area contributed by atoms with Crippen molar-refractivity contribution in [2.45, 2.75) is 63.8 Å². The third-order valence-electron chi connectivity index (χ3n) is 9.25. The van der Waals surface area contributed by atoms with Crippen LogP contribution in [0.4, 0.5) is 11.5 Å². The summed E-state index contributed by atoms with van der Waals surface area (Å²) in [5, 5.41) is 3.81. The quantitative estimate of drug-likeness (QED) is 0.452. The van der Waals surface area contributed by atoms with Crippen molar-refractivity contribution in [3.8, 4) is 11.3 Å². The van der Waals surface area contributed by atoms with E-state index in [2.05, 4.69) is 31.3 Å². The van der Waals surface area contributed by atoms with Crippen LogP contribution >= 0.6 is 0 Å². The number of hydrogen-bond donors (Lipinski definition) is 2. The van der Waals surface area contributed by atoms with Crippen LogP contribution in [0.5, 0.6) is 0 Å². The first kappa shape index (κ1) is 26.5. The van der Waals surface area contributed by atoms with Gasteiger partial charge in [-0.3, -0.25) is 9.59 Å². The Bertz CT molecular complexity index is 1510. The van der Waals surface area contributed by atoms with Gasteiger partial charge >= 0.3 is 0 Å². The summed E-state index contributed by atoms with van der Waals surface area (Å²) in [5.74, 6) is 0.876. The molecule has 2 aliphatic heterocycles. The van der Waals surface area contributed by atoms with Crippen LogP contribution in [0, 0.1) is 12.8 Å². The molecule has 4 heterocycles. The maximum Gasteiger partial charge on any atom is 0.250 e. The number of amides is 2. The molecule has 40 heavy (non-hydrogen) atoms. The highest BCUT2D eigenvalue weighted by atomic mass is 16.5. The van der Waals surface area contributed by atoms with E-state index in [9.17, 15) is 9.59 Å². The summed E-state index contributed by atoms with van der Waals surface area (Å²) in [6.07, 6.45) is 7.15. The number of rotatable bonds is 5. The average molecular weight is 543 g/mol. The first-order valence-electron chi connectivity index (χ1n) is 14.3. The molecule has 0 unspecified atom stereocenters. The number of anilines is 2. The Kier molecular flexibility index (Phi) is 6.65. The molecule has 6 rings (SSSR count). The lowest BCUT2D eigenvalue weighted by molar-refractivity contribution is -0.163. The van der Waals surface area contributed by atoms with E-state index in [0.717, 1.165) is 84.2 Å². The van der Waals surface area contributed by atoms with E-state index in [1.54, 1.807) is 6.92 Å². The second kappa shape index (κ2) is 10.0. The molecule has 3 N–H and O–H groups in total. The first-order valence-corrected chi connectivity index (χ1v) is 14.3. The number of ether oxygens (including phenoxy) is 1. The van der Waals surface area contributed by atoms with Crippen LogP contribution in [-0.2, 0) is 21.4 Å². The van der Waals surface area contributed by atoms with Crippen molar-refractivity contribution >= 4 is 34.4 Å². The van der Waals surface area contributed by atoms with Gasteiger partial charge in [-0.1, -0.05) is 12.6 Å². The number of benzene rings is 1. The number of nitrogen functional groups attached to an aromatic ring is 1. The van der Waals surface area contributed by atoms with Crippen molar-refractivity contribution in [3.63, 3.8) is 0 Å². The minimum Gasteiger partial charge on any atom is -0.383 e. The van der Waals surface area contributed by atoms with Crippen molar-refractivity contribution < 1.29 is 14.3 Å². The van der Waals surface area contributed by atoms with Crippen LogP contribution in [0.1, 0.15) is 62.5 Å². The fraction of sp³-hybridized carbons (Fsp3) is 0.484. The molecular formula is C31H38N6O3. The Morgan fingerprint density at radius 2 is 1.93 bits per heavy atom. The van der Waals surface area contributed by atoms with Gasteiger partial charge in [0.15, 0.2) is 0 Å². The third-order valence-corrected chi connectivity index (χ3v) is 9.25. The van der Waals surface area contributed by atoms with Gasteiger partial charge in [0.05, 0.1) is 29.8 Å². The van der Waals surface area contributed by atoms with Gasteiger partial charge in [-0.15, -0.1) is 0 Å². The zero-order valence-electron chi connectivity index (χ0n) is 23.6. The lowest BCUT2D eigenvalue weighted by atomic mass is 9.76. The SMILES string of the molecule is C=C(C)C(=O)Nc1ccc(-c2c(C3CCC(C(=O)N4CCCC45COC5)CC3)c3c(N)ncnc3n2C)c(C)c1. The van der Waals surface area contributed by atoms with Crippen molar-refractivity contribution in [2.24, 2.45) is 13.0 Å². The number of aryl methyl sites for hydroxylation is 2. The zero-order chi connectivity index (χ0) is 28.2. The summed E-state index contributed by atoms with van der Waals surface area (Å²) in [6, 6.07) is 5.96. The molecular weight excluding hydrogens is 504 g/mol. The number of likely N-dealkylation sites (tertiary alicyclic amines) is 1. The lowest BCUT2D eigenvalue weighted by Crippen LogP contribution is -2.61. The van der Waals surface area contributed by atoms with Crippen molar-refractivity contribution in [3.05, 3.63) is 47.8 Å². The van der Waals surface area contributed by atoms with E-state index in [1.165, 1.54) is 6.33 Å². The van der Waals surface area contributed by atoms with E-state index in [4.69, 9.17) is 10.5 Å². The molecule has 3 aromatic rings. The van der Waals surface area contributed by atoms with Crippen molar-refractivity contribution in [2.75, 3.05) is 30.8 Å². The van der Waals surface area contributed by atoms with E-state index >= 15 is 0 Å². The molecule has 2 saturated heterocycles. The van der Waals surface area contributed by atoms with Gasteiger partial charge in [-0.2, -0.15) is 0 Å². The van der Waals surface area contributed by atoms with Gasteiger partial charge in [0.2, 0.25) is 5.91 Å². The Balaban J connectivity index is 1.32. The number of hydrogen-bond acceptors (Lipinski definition) is 6. The number of carbonyl (C=O) groups excluding carboxylic acids is 2. The highest BCUT2D eigenvalue weighted by molar-refractivity contribution is 6.03. The first-order chi connectivity index (χ1) is 19.2. The van der Waals surface area contributed by atoms with Crippen LogP contribution in [0.15, 0.2) is 36.7 Å². The van der Waals surface area contributed by atoms with Gasteiger partial charge in [0.1, 0.15) is 17.8 Å². The molecule has 9 nitrogen and oxygen atoms in total. The third kappa shape index (κ3) is 4.27. The molecule has 1 aliphatic carbocycles. The van der Waals surface area contributed by atoms with Gasteiger partial charge in [-0.05, 0) is 81.5 Å². The number of aromatic nitrogens is 3. The van der Waals surface area contributed by atoms with E-state index in [1.807, 2.05) is 32.2 Å². The molecule has 3 aliphatic rings. The molecule has 1 saturated carbocycles. The summed E-state index contributed by atoms with van der Waals surface area (Å²) in [6.45, 7) is 9.69. The van der Waals surface area contributed by atoms with Crippen LogP contribution in [-0.4, -0.2) is 56.5 Å². The number of nitrogens with two attached hydrogens (primary N) is 1. The van der Waals surface area contributed by atoms with Gasteiger partial charge in [0.25, 0.3) is 5.91 Å². The summed E-state index contributed by atoms with van der Waals surface area (Å²) < 4.78 is 7.62. The van der Waals surface area contributed by atoms with Crippen molar-refractivity contribution in [1.82, 2.24) is 19.4 Å². The summed E-state index contributed by atoms with van der Waals surface area (Å²) in [7, 11) is 2.02. The molecule has 0 bridgehead atoms. The molecule has 2 amide bonds. The second-order valence-electron chi connectivity index (χ2n) is 11.9. The van der Waals surface area contributed by atoms with Crippen LogP contribution in [0.25, 0.3) is 22.3 Å². The highest BCUT2D eigenvalue weighted by Gasteiger charge is 2.50. The minimum atomic E-state index is -0.198. The smallest absolute Gasteiger partial charge is 0.250 e. The molecule has 3 fully saturated rings. The number of fused-ring (bicyclic) bond motifs is 1. The standard InChI is InChI=1S/C31H38N6O3/c1-18(2)29(38)35-22-10-11-23(19(3)14-22)26-24(25-27(32)33-17-34-28(25)36(26)4)20-6-8-21(9-7-20)30(39)37-13-5-12-31(37)15-40-16-31/h10-11,14,17,20-21H,1,5-9,12-13,15-16H2,2-4H3,(H,35,38)(H2,32,33,34). The zero-order valence-corrected chi connectivity index (χ0v) is 23.6. The van der Waals surface area contributed by atoms with Crippen molar-refractivity contribution in [1.29, 1.82) is 0 Å². The Morgan fingerprint density at radius 3 is 2.58 bits per heavy atom. The summed E-state index contributed by atoms with van der Waals surface area (Å²) in [5.41, 5.74) is 12.8. The average Bonchev–Trinajstić information content (AvgIpc) is 3.50. The van der Waals surface area contributed by atoms with Crippen LogP contribution < -0.4 is 11.1 Å². The molecule has 2 aromatic heterocycles. The Labute approximate surface area is 234 Å². The molecule has 0 atom stereocenters. The number of nitrogens with zero attached hydrogens (tertiary/aromatic N) is 4. The lowest BCUT2D eigenvalue weighted by Gasteiger charge is -2.46. The van der Waals surface area contributed by atoms with Crippen LogP contribution in [0.2, 0.25) is 0 Å².